The van der Waals surface area contributed by atoms with E-state index < -0.39 is 0 Å². The number of rotatable bonds is 3. The van der Waals surface area contributed by atoms with Crippen LogP contribution in [-0.2, 0) is 5.41 Å². The molecule has 302 valence electrons. The van der Waals surface area contributed by atoms with Gasteiger partial charge in [0.15, 0.2) is 0 Å². The lowest BCUT2D eigenvalue weighted by Gasteiger charge is -2.21. The number of aliphatic imine (C=N–C) groups is 1. The molecule has 0 aliphatic heterocycles. The van der Waals surface area contributed by atoms with E-state index in [4.69, 9.17) is 13.8 Å². The van der Waals surface area contributed by atoms with Crippen molar-refractivity contribution in [3.8, 4) is 22.3 Å². The van der Waals surface area contributed by atoms with Gasteiger partial charge in [0.1, 0.15) is 28.0 Å². The molecule has 0 atom stereocenters. The van der Waals surface area contributed by atoms with Crippen molar-refractivity contribution < 1.29 is 8.83 Å². The van der Waals surface area contributed by atoms with E-state index in [9.17, 15) is 5.41 Å². The zero-order chi connectivity index (χ0) is 42.6. The van der Waals surface area contributed by atoms with E-state index in [1.807, 2.05) is 72.0 Å². The van der Waals surface area contributed by atoms with Crippen molar-refractivity contribution in [3.63, 3.8) is 0 Å². The summed E-state index contributed by atoms with van der Waals surface area (Å²) in [5, 5.41) is 18.7. The summed E-state index contributed by atoms with van der Waals surface area (Å²) in [4.78, 5) is 7.37. The lowest BCUT2D eigenvalue weighted by molar-refractivity contribution is 0.573. The predicted octanol–water partition coefficient (Wildman–Crippen LogP) is 13.0. The average molecular weight is 815 g/mol. The Labute approximate surface area is 363 Å². The summed E-state index contributed by atoms with van der Waals surface area (Å²) in [5.74, 6) is 0.670. The van der Waals surface area contributed by atoms with Crippen molar-refractivity contribution in [1.29, 1.82) is 5.41 Å². The largest absolute Gasteiger partial charge is 0.456 e. The van der Waals surface area contributed by atoms with Gasteiger partial charge in [-0.1, -0.05) is 141 Å². The van der Waals surface area contributed by atoms with Crippen LogP contribution in [0.5, 0.6) is 0 Å². The minimum atomic E-state index is -0.107. The number of amidine groups is 1. The molecule has 3 heterocycles. The molecule has 0 spiro atoms. The normalized spacial score (nSPS) is 14.2. The van der Waals surface area contributed by atoms with E-state index >= 15 is 0 Å². The molecule has 63 heavy (non-hydrogen) atoms. The van der Waals surface area contributed by atoms with Crippen LogP contribution in [0.4, 0.5) is 0 Å². The van der Waals surface area contributed by atoms with Gasteiger partial charge in [-0.05, 0) is 88.0 Å². The first kappa shape index (κ1) is 36.9. The Bertz CT molecular complexity index is 3900. The number of nitrogens with zero attached hydrogens (tertiary/aromatic N) is 3. The summed E-state index contributed by atoms with van der Waals surface area (Å²) in [6, 6.07) is 57.4. The quantitative estimate of drug-likeness (QED) is 0.143. The zero-order valence-corrected chi connectivity index (χ0v) is 35.4. The number of benzene rings is 8. The number of para-hydroxylation sites is 3. The maximum absolute atomic E-state index is 10.2. The molecular formula is C57H42N4O2. The summed E-state index contributed by atoms with van der Waals surface area (Å²) in [7, 11) is 1.99. The summed E-state index contributed by atoms with van der Waals surface area (Å²) < 4.78 is 14.8. The summed E-state index contributed by atoms with van der Waals surface area (Å²) >= 11 is 0. The van der Waals surface area contributed by atoms with Gasteiger partial charge in [-0.15, -0.1) is 0 Å². The predicted molar refractivity (Wildman–Crippen MR) is 261 cm³/mol. The van der Waals surface area contributed by atoms with Gasteiger partial charge in [-0.3, -0.25) is 9.98 Å². The highest BCUT2D eigenvalue weighted by Crippen LogP contribution is 2.50. The Morgan fingerprint density at radius 3 is 2.14 bits per heavy atom. The van der Waals surface area contributed by atoms with Gasteiger partial charge in [0, 0.05) is 61.9 Å². The van der Waals surface area contributed by atoms with Crippen LogP contribution >= 0.6 is 0 Å². The van der Waals surface area contributed by atoms with Gasteiger partial charge in [0.05, 0.1) is 11.0 Å². The molecule has 11 aromatic rings. The smallest absolute Gasteiger partial charge is 0.229 e. The first-order valence-corrected chi connectivity index (χ1v) is 21.5. The van der Waals surface area contributed by atoms with Gasteiger partial charge in [0.25, 0.3) is 0 Å². The van der Waals surface area contributed by atoms with Crippen molar-refractivity contribution in [2.75, 3.05) is 7.05 Å². The fourth-order valence-corrected chi connectivity index (χ4v) is 10.2. The molecule has 0 saturated carbocycles. The molecule has 0 bridgehead atoms. The van der Waals surface area contributed by atoms with E-state index in [0.717, 1.165) is 92.8 Å². The number of furan rings is 2. The van der Waals surface area contributed by atoms with Crippen LogP contribution in [0.25, 0.3) is 100 Å². The lowest BCUT2D eigenvalue weighted by Crippen LogP contribution is -2.30. The third kappa shape index (κ3) is 5.51. The zero-order valence-electron chi connectivity index (χ0n) is 35.4. The molecule has 1 aliphatic carbocycles. The van der Waals surface area contributed by atoms with Crippen molar-refractivity contribution in [2.45, 2.75) is 26.2 Å². The average Bonchev–Trinajstić information content (AvgIpc) is 4.04. The van der Waals surface area contributed by atoms with E-state index in [1.165, 1.54) is 22.3 Å². The molecule has 3 aromatic heterocycles. The van der Waals surface area contributed by atoms with Crippen molar-refractivity contribution in [2.24, 2.45) is 4.99 Å². The first-order chi connectivity index (χ1) is 30.8. The Balaban J connectivity index is 1.12. The van der Waals surface area contributed by atoms with Crippen LogP contribution in [0.15, 0.2) is 178 Å². The Hall–Kier alpha value is -7.96. The highest BCUT2D eigenvalue weighted by atomic mass is 16.3. The van der Waals surface area contributed by atoms with Crippen molar-refractivity contribution >= 4 is 89.6 Å². The van der Waals surface area contributed by atoms with E-state index in [-0.39, 0.29) is 11.4 Å². The number of hydrogen-bond donors (Lipinski definition) is 1. The van der Waals surface area contributed by atoms with Gasteiger partial charge in [-0.2, -0.15) is 4.99 Å². The van der Waals surface area contributed by atoms with Gasteiger partial charge < -0.3 is 13.7 Å². The Morgan fingerprint density at radius 1 is 0.619 bits per heavy atom. The molecule has 0 fully saturated rings. The molecule has 1 aliphatic rings. The van der Waals surface area contributed by atoms with E-state index in [0.29, 0.717) is 5.84 Å². The van der Waals surface area contributed by atoms with Gasteiger partial charge in [0.2, 0.25) is 5.96 Å². The van der Waals surface area contributed by atoms with E-state index in [1.54, 1.807) is 0 Å². The summed E-state index contributed by atoms with van der Waals surface area (Å²) in [6.45, 7) is 6.61. The maximum atomic E-state index is 10.2. The second-order valence-electron chi connectivity index (χ2n) is 17.1. The van der Waals surface area contributed by atoms with Crippen molar-refractivity contribution in [3.05, 3.63) is 191 Å². The molecule has 6 nitrogen and oxygen atoms in total. The molecule has 12 rings (SSSR count). The molecule has 8 aromatic carbocycles. The number of nitrogens with one attached hydrogen (secondary N) is 1. The topological polar surface area (TPSA) is 70.7 Å². The standard InChI is InChI=1S/C57H42N4O2/c1-5-49-45(41-19-10-13-24-51(41)62-49)33-60(4)55(36-25-28-42-40-18-9-12-23-50(40)63-52(42)32-36)59-56(58)61-48-30-27-34-15-6-7-16-37(34)53(48)43-21-14-20-38(54(43)61)35-26-29-47-44(31-35)39-17-8-11-22-46(39)57(47,2)3/h5-33,58H,1-4H3/b45-33-,49-5+,58-56?,59-55-. The van der Waals surface area contributed by atoms with Gasteiger partial charge in [-0.25, -0.2) is 0 Å². The fraction of sp³-hybridized carbons (Fsp3) is 0.0877. The van der Waals surface area contributed by atoms with Crippen LogP contribution in [0.2, 0.25) is 0 Å². The first-order valence-electron chi connectivity index (χ1n) is 21.5. The van der Waals surface area contributed by atoms with Crippen LogP contribution in [0.3, 0.4) is 0 Å². The van der Waals surface area contributed by atoms with E-state index in [2.05, 4.69) is 141 Å². The van der Waals surface area contributed by atoms with Crippen molar-refractivity contribution in [1.82, 2.24) is 9.47 Å². The fourth-order valence-electron chi connectivity index (χ4n) is 10.2. The summed E-state index contributed by atoms with van der Waals surface area (Å²) in [5.41, 5.74) is 13.0. The van der Waals surface area contributed by atoms with Crippen LogP contribution in [0, 0.1) is 5.41 Å². The molecule has 1 N–H and O–H groups in total. The van der Waals surface area contributed by atoms with Crippen LogP contribution in [0.1, 0.15) is 37.5 Å². The highest BCUT2D eigenvalue weighted by Gasteiger charge is 2.35. The molecular weight excluding hydrogens is 773 g/mol. The number of fused-ring (bicyclic) bond motifs is 12. The minimum absolute atomic E-state index is 0.0876. The summed E-state index contributed by atoms with van der Waals surface area (Å²) in [6.07, 6.45) is 4.05. The van der Waals surface area contributed by atoms with Gasteiger partial charge >= 0.3 is 0 Å². The monoisotopic (exact) mass is 814 g/mol. The lowest BCUT2D eigenvalue weighted by atomic mass is 9.82. The maximum Gasteiger partial charge on any atom is 0.229 e. The van der Waals surface area contributed by atoms with Crippen LogP contribution in [-0.4, -0.2) is 28.3 Å². The molecule has 0 saturated heterocycles. The second kappa shape index (κ2) is 13.8. The number of aromatic nitrogens is 1. The third-order valence-electron chi connectivity index (χ3n) is 13.2. The Kier molecular flexibility index (Phi) is 8.06. The van der Waals surface area contributed by atoms with Crippen LogP contribution < -0.4 is 10.6 Å². The second-order valence-corrected chi connectivity index (χ2v) is 17.1. The molecule has 6 heteroatoms. The molecule has 0 amide bonds. The third-order valence-corrected chi connectivity index (χ3v) is 13.2. The molecule has 0 radical (unpaired) electrons. The highest BCUT2D eigenvalue weighted by molar-refractivity contribution is 6.26. The minimum Gasteiger partial charge on any atom is -0.456 e. The number of hydrogen-bond acceptors (Lipinski definition) is 3. The molecule has 0 unspecified atom stereocenters. The Morgan fingerprint density at radius 2 is 1.30 bits per heavy atom. The SMILES string of the molecule is C/C=c1/oc2ccccc2/c1=C/N(C)/C(=N\C(=N)n1c2ccc3ccccc3c2c2cccc(-c3ccc4c(c3)-c3ccccc3C4(C)C)c21)c1ccc2c(c1)oc1ccccc12.